The fourth-order valence-corrected chi connectivity index (χ4v) is 3.55. The maximum atomic E-state index is 13.1. The SMILES string of the molecule is Nc1n[nH]nc1-c1ccc(-c2cnc3c(C(F)(F)F)cccc3c2)s1. The monoisotopic (exact) mass is 361 g/mol. The van der Waals surface area contributed by atoms with Crippen molar-refractivity contribution in [3.8, 4) is 21.0 Å². The summed E-state index contributed by atoms with van der Waals surface area (Å²) in [7, 11) is 0. The molecule has 0 amide bonds. The summed E-state index contributed by atoms with van der Waals surface area (Å²) in [4.78, 5) is 5.70. The van der Waals surface area contributed by atoms with Crippen LogP contribution in [0.5, 0.6) is 0 Å². The van der Waals surface area contributed by atoms with Crippen LogP contribution < -0.4 is 5.73 Å². The molecule has 0 aliphatic carbocycles. The zero-order valence-electron chi connectivity index (χ0n) is 12.5. The number of aromatic amines is 1. The molecule has 1 aromatic carbocycles. The molecule has 0 radical (unpaired) electrons. The van der Waals surface area contributed by atoms with Crippen molar-refractivity contribution in [1.29, 1.82) is 0 Å². The van der Waals surface area contributed by atoms with Crippen LogP contribution in [0.25, 0.3) is 31.9 Å². The number of nitrogens with zero attached hydrogens (tertiary/aromatic N) is 3. The van der Waals surface area contributed by atoms with Gasteiger partial charge in [-0.25, -0.2) is 0 Å². The van der Waals surface area contributed by atoms with E-state index in [1.54, 1.807) is 12.1 Å². The zero-order chi connectivity index (χ0) is 17.6. The van der Waals surface area contributed by atoms with Gasteiger partial charge in [0.25, 0.3) is 0 Å². The summed E-state index contributed by atoms with van der Waals surface area (Å²) in [6.45, 7) is 0. The number of fused-ring (bicyclic) bond motifs is 1. The fourth-order valence-electron chi connectivity index (χ4n) is 2.57. The number of pyridine rings is 1. The number of H-pyrrole nitrogens is 1. The molecule has 126 valence electrons. The highest BCUT2D eigenvalue weighted by Gasteiger charge is 2.33. The second-order valence-corrected chi connectivity index (χ2v) is 6.40. The molecule has 3 aromatic heterocycles. The standard InChI is InChI=1S/C16H10F3N5S/c17-16(18,19)10-3-1-2-8-6-9(7-21-13(8)10)11-4-5-12(25-11)14-15(20)23-24-22-14/h1-7H,(H3,20,22,23,24). The Kier molecular flexibility index (Phi) is 3.46. The molecule has 0 fully saturated rings. The van der Waals surface area contributed by atoms with Crippen LogP contribution in [-0.4, -0.2) is 20.4 Å². The number of alkyl halides is 3. The normalized spacial score (nSPS) is 12.0. The molecule has 25 heavy (non-hydrogen) atoms. The first-order chi connectivity index (χ1) is 11.9. The van der Waals surface area contributed by atoms with Crippen molar-refractivity contribution in [1.82, 2.24) is 20.4 Å². The second-order valence-electron chi connectivity index (χ2n) is 5.32. The Labute approximate surface area is 143 Å². The summed E-state index contributed by atoms with van der Waals surface area (Å²) >= 11 is 1.41. The van der Waals surface area contributed by atoms with Crippen molar-refractivity contribution < 1.29 is 13.2 Å². The van der Waals surface area contributed by atoms with Gasteiger partial charge >= 0.3 is 6.18 Å². The molecule has 3 heterocycles. The molecule has 0 bridgehead atoms. The zero-order valence-corrected chi connectivity index (χ0v) is 13.3. The second kappa shape index (κ2) is 5.55. The molecule has 5 nitrogen and oxygen atoms in total. The van der Waals surface area contributed by atoms with Gasteiger partial charge in [-0.15, -0.1) is 16.4 Å². The average molecular weight is 361 g/mol. The summed E-state index contributed by atoms with van der Waals surface area (Å²) in [5, 5.41) is 10.7. The van der Waals surface area contributed by atoms with Crippen molar-refractivity contribution in [2.45, 2.75) is 6.18 Å². The van der Waals surface area contributed by atoms with Crippen molar-refractivity contribution in [2.75, 3.05) is 5.73 Å². The number of halogens is 3. The van der Waals surface area contributed by atoms with E-state index in [9.17, 15) is 13.2 Å². The number of aromatic nitrogens is 4. The fraction of sp³-hybridized carbons (Fsp3) is 0.0625. The van der Waals surface area contributed by atoms with Gasteiger partial charge in [-0.3, -0.25) is 4.98 Å². The Bertz CT molecular complexity index is 1070. The van der Waals surface area contributed by atoms with Gasteiger partial charge in [0.05, 0.1) is 16.0 Å². The van der Waals surface area contributed by atoms with E-state index >= 15 is 0 Å². The summed E-state index contributed by atoms with van der Waals surface area (Å²) in [5.74, 6) is 0.292. The van der Waals surface area contributed by atoms with Crippen LogP contribution in [-0.2, 0) is 6.18 Å². The maximum Gasteiger partial charge on any atom is 0.418 e. The number of nitrogen functional groups attached to an aromatic ring is 1. The molecule has 0 atom stereocenters. The van der Waals surface area contributed by atoms with Gasteiger partial charge in [0.15, 0.2) is 5.82 Å². The van der Waals surface area contributed by atoms with Crippen LogP contribution in [0.3, 0.4) is 0 Å². The van der Waals surface area contributed by atoms with Gasteiger partial charge in [-0.1, -0.05) is 12.1 Å². The Morgan fingerprint density at radius 1 is 1.04 bits per heavy atom. The Morgan fingerprint density at radius 3 is 2.56 bits per heavy atom. The third kappa shape index (κ3) is 2.72. The third-order valence-corrected chi connectivity index (χ3v) is 4.86. The molecule has 4 aromatic rings. The smallest absolute Gasteiger partial charge is 0.380 e. The van der Waals surface area contributed by atoms with Crippen LogP contribution in [0.15, 0.2) is 42.6 Å². The van der Waals surface area contributed by atoms with E-state index in [0.717, 1.165) is 21.4 Å². The van der Waals surface area contributed by atoms with Crippen LogP contribution in [0.2, 0.25) is 0 Å². The number of rotatable bonds is 2. The highest BCUT2D eigenvalue weighted by molar-refractivity contribution is 7.18. The van der Waals surface area contributed by atoms with E-state index in [2.05, 4.69) is 20.4 Å². The van der Waals surface area contributed by atoms with Gasteiger partial charge in [0.2, 0.25) is 0 Å². The summed E-state index contributed by atoms with van der Waals surface area (Å²) in [6, 6.07) is 9.41. The van der Waals surface area contributed by atoms with Gasteiger partial charge < -0.3 is 5.73 Å². The lowest BCUT2D eigenvalue weighted by atomic mass is 10.1. The molecule has 4 rings (SSSR count). The molecule has 0 aliphatic rings. The van der Waals surface area contributed by atoms with Crippen molar-refractivity contribution in [2.24, 2.45) is 0 Å². The van der Waals surface area contributed by atoms with Crippen molar-refractivity contribution in [3.05, 3.63) is 48.2 Å². The number of benzene rings is 1. The number of para-hydroxylation sites is 1. The molecular formula is C16H10F3N5S. The maximum absolute atomic E-state index is 13.1. The largest absolute Gasteiger partial charge is 0.418 e. The van der Waals surface area contributed by atoms with Crippen LogP contribution in [0, 0.1) is 0 Å². The van der Waals surface area contributed by atoms with Crippen molar-refractivity contribution >= 4 is 28.1 Å². The molecular weight excluding hydrogens is 351 g/mol. The van der Waals surface area contributed by atoms with E-state index in [4.69, 9.17) is 5.73 Å². The molecule has 0 unspecified atom stereocenters. The minimum Gasteiger partial charge on any atom is -0.380 e. The van der Waals surface area contributed by atoms with Gasteiger partial charge in [0.1, 0.15) is 5.69 Å². The lowest BCUT2D eigenvalue weighted by Crippen LogP contribution is -2.06. The number of nitrogens with two attached hydrogens (primary N) is 1. The van der Waals surface area contributed by atoms with E-state index in [1.807, 2.05) is 12.1 Å². The van der Waals surface area contributed by atoms with Gasteiger partial charge in [-0.05, 0) is 24.3 Å². The van der Waals surface area contributed by atoms with E-state index in [0.29, 0.717) is 16.9 Å². The first-order valence-electron chi connectivity index (χ1n) is 7.16. The van der Waals surface area contributed by atoms with Crippen LogP contribution in [0.1, 0.15) is 5.56 Å². The summed E-state index contributed by atoms with van der Waals surface area (Å²) in [5.41, 5.74) is 6.21. The first kappa shape index (κ1) is 15.6. The molecule has 0 spiro atoms. The van der Waals surface area contributed by atoms with Crippen LogP contribution in [0.4, 0.5) is 19.0 Å². The van der Waals surface area contributed by atoms with Gasteiger partial charge in [-0.2, -0.15) is 23.5 Å². The van der Waals surface area contributed by atoms with Crippen LogP contribution >= 0.6 is 11.3 Å². The lowest BCUT2D eigenvalue weighted by Gasteiger charge is -2.10. The predicted octanol–water partition coefficient (Wildman–Crippen LogP) is 4.35. The van der Waals surface area contributed by atoms with E-state index in [1.165, 1.54) is 23.6 Å². The molecule has 3 N–H and O–H groups in total. The Hall–Kier alpha value is -2.94. The van der Waals surface area contributed by atoms with Crippen molar-refractivity contribution in [3.63, 3.8) is 0 Å². The quantitative estimate of drug-likeness (QED) is 0.556. The highest BCUT2D eigenvalue weighted by atomic mass is 32.1. The van der Waals surface area contributed by atoms with E-state index in [-0.39, 0.29) is 5.52 Å². The molecule has 0 saturated carbocycles. The number of hydrogen-bond donors (Lipinski definition) is 2. The minimum absolute atomic E-state index is 0.0590. The first-order valence-corrected chi connectivity index (χ1v) is 7.98. The predicted molar refractivity (Wildman–Crippen MR) is 89.8 cm³/mol. The lowest BCUT2D eigenvalue weighted by molar-refractivity contribution is -0.136. The number of thiophene rings is 1. The molecule has 9 heteroatoms. The number of anilines is 1. The topological polar surface area (TPSA) is 80.5 Å². The highest BCUT2D eigenvalue weighted by Crippen LogP contribution is 2.38. The summed E-state index contributed by atoms with van der Waals surface area (Å²) < 4.78 is 39.2. The Morgan fingerprint density at radius 2 is 1.84 bits per heavy atom. The molecule has 0 aliphatic heterocycles. The Balaban J connectivity index is 1.79. The van der Waals surface area contributed by atoms with Gasteiger partial charge in [0, 0.05) is 22.0 Å². The van der Waals surface area contributed by atoms with E-state index < -0.39 is 11.7 Å². The average Bonchev–Trinajstić information content (AvgIpc) is 3.21. The summed E-state index contributed by atoms with van der Waals surface area (Å²) in [6.07, 6.45) is -2.99. The molecule has 0 saturated heterocycles. The minimum atomic E-state index is -4.44. The third-order valence-electron chi connectivity index (χ3n) is 3.72. The number of hydrogen-bond acceptors (Lipinski definition) is 5. The number of nitrogens with one attached hydrogen (secondary N) is 1.